The third-order valence-electron chi connectivity index (χ3n) is 4.08. The third kappa shape index (κ3) is 2.45. The average Bonchev–Trinajstić information content (AvgIpc) is 3.14. The zero-order chi connectivity index (χ0) is 15.8. The van der Waals surface area contributed by atoms with Crippen molar-refractivity contribution in [3.63, 3.8) is 0 Å². The van der Waals surface area contributed by atoms with Crippen LogP contribution in [0, 0.1) is 17.2 Å². The number of fused-ring (bicyclic) bond motifs is 2. The fraction of sp³-hybridized carbons (Fsp3) is 0.312. The summed E-state index contributed by atoms with van der Waals surface area (Å²) in [6.07, 6.45) is 0.631. The molecule has 2 aliphatic heterocycles. The molecule has 1 N–H and O–H groups in total. The molecule has 4 rings (SSSR count). The average molecular weight is 326 g/mol. The Bertz CT molecular complexity index is 824. The Hall–Kier alpha value is -2.46. The molecular formula is C16H14N4O2S. The van der Waals surface area contributed by atoms with Gasteiger partial charge >= 0.3 is 0 Å². The molecule has 6 nitrogen and oxygen atoms in total. The van der Waals surface area contributed by atoms with Gasteiger partial charge in [-0.05, 0) is 18.1 Å². The number of anilines is 1. The molecule has 0 aliphatic carbocycles. The maximum atomic E-state index is 12.5. The Morgan fingerprint density at radius 1 is 1.48 bits per heavy atom. The van der Waals surface area contributed by atoms with Crippen molar-refractivity contribution in [1.82, 2.24) is 9.55 Å². The van der Waals surface area contributed by atoms with E-state index < -0.39 is 0 Å². The summed E-state index contributed by atoms with van der Waals surface area (Å²) in [5.41, 5.74) is 1.46. The monoisotopic (exact) mass is 326 g/mol. The summed E-state index contributed by atoms with van der Waals surface area (Å²) >= 11 is 1.60. The molecule has 2 aliphatic rings. The van der Waals surface area contributed by atoms with Gasteiger partial charge in [0.05, 0.1) is 5.92 Å². The standard InChI is InChI=1S/C16H14N4O2S/c17-8-12-14(19-16-20(12)5-6-23-16)18-15(21)11-7-10-3-1-2-4-13(10)22-9-11/h1-4,11H,5-7,9H2,(H,18,21). The highest BCUT2D eigenvalue weighted by Crippen LogP contribution is 2.31. The van der Waals surface area contributed by atoms with Crippen molar-refractivity contribution < 1.29 is 9.53 Å². The number of aromatic nitrogens is 2. The maximum absolute atomic E-state index is 12.5. The first-order valence-electron chi connectivity index (χ1n) is 7.41. The van der Waals surface area contributed by atoms with Crippen molar-refractivity contribution in [1.29, 1.82) is 5.26 Å². The van der Waals surface area contributed by atoms with Gasteiger partial charge in [0.1, 0.15) is 18.4 Å². The minimum absolute atomic E-state index is 0.155. The molecule has 3 heterocycles. The summed E-state index contributed by atoms with van der Waals surface area (Å²) in [6.45, 7) is 1.10. The summed E-state index contributed by atoms with van der Waals surface area (Å²) in [5, 5.41) is 12.9. The number of rotatable bonds is 2. The molecule has 23 heavy (non-hydrogen) atoms. The van der Waals surface area contributed by atoms with Gasteiger partial charge < -0.3 is 14.6 Å². The van der Waals surface area contributed by atoms with Crippen LogP contribution in [0.3, 0.4) is 0 Å². The number of benzene rings is 1. The highest BCUT2D eigenvalue weighted by atomic mass is 32.2. The predicted octanol–water partition coefficient (Wildman–Crippen LogP) is 2.05. The molecular weight excluding hydrogens is 312 g/mol. The topological polar surface area (TPSA) is 79.9 Å². The fourth-order valence-corrected chi connectivity index (χ4v) is 3.84. The lowest BCUT2D eigenvalue weighted by Gasteiger charge is -2.24. The summed E-state index contributed by atoms with van der Waals surface area (Å²) in [6, 6.07) is 9.88. The maximum Gasteiger partial charge on any atom is 0.232 e. The van der Waals surface area contributed by atoms with Gasteiger partial charge in [0.15, 0.2) is 16.7 Å². The number of imidazole rings is 1. The van der Waals surface area contributed by atoms with E-state index in [-0.39, 0.29) is 11.8 Å². The number of nitrogens with one attached hydrogen (secondary N) is 1. The second kappa shape index (κ2) is 5.63. The number of ether oxygens (including phenoxy) is 1. The number of hydrogen-bond donors (Lipinski definition) is 1. The Labute approximate surface area is 137 Å². The van der Waals surface area contributed by atoms with Crippen LogP contribution in [-0.2, 0) is 17.8 Å². The quantitative estimate of drug-likeness (QED) is 0.913. The first-order valence-corrected chi connectivity index (χ1v) is 8.40. The van der Waals surface area contributed by atoms with Gasteiger partial charge in [-0.15, -0.1) is 0 Å². The number of nitriles is 1. The van der Waals surface area contributed by atoms with Crippen molar-refractivity contribution in [3.05, 3.63) is 35.5 Å². The first kappa shape index (κ1) is 14.2. The van der Waals surface area contributed by atoms with Gasteiger partial charge in [-0.25, -0.2) is 4.98 Å². The van der Waals surface area contributed by atoms with Crippen LogP contribution in [-0.4, -0.2) is 27.8 Å². The van der Waals surface area contributed by atoms with Crippen LogP contribution < -0.4 is 10.1 Å². The highest BCUT2D eigenvalue weighted by molar-refractivity contribution is 7.99. The number of para-hydroxylation sites is 1. The largest absolute Gasteiger partial charge is 0.492 e. The smallest absolute Gasteiger partial charge is 0.232 e. The molecule has 0 spiro atoms. The number of thioether (sulfide) groups is 1. The summed E-state index contributed by atoms with van der Waals surface area (Å²) in [5.74, 6) is 1.68. The molecule has 1 atom stereocenters. The van der Waals surface area contributed by atoms with E-state index in [1.54, 1.807) is 11.8 Å². The van der Waals surface area contributed by atoms with Crippen molar-refractivity contribution in [2.75, 3.05) is 17.7 Å². The minimum atomic E-state index is -0.277. The molecule has 7 heteroatoms. The van der Waals surface area contributed by atoms with Crippen LogP contribution in [0.15, 0.2) is 29.4 Å². The van der Waals surface area contributed by atoms with E-state index in [1.165, 1.54) is 0 Å². The zero-order valence-corrected chi connectivity index (χ0v) is 13.1. The lowest BCUT2D eigenvalue weighted by atomic mass is 9.96. The van der Waals surface area contributed by atoms with Gasteiger partial charge in [0.25, 0.3) is 0 Å². The zero-order valence-electron chi connectivity index (χ0n) is 12.3. The summed E-state index contributed by atoms with van der Waals surface area (Å²) < 4.78 is 7.51. The normalized spacial score (nSPS) is 18.5. The molecule has 0 radical (unpaired) electrons. The van der Waals surface area contributed by atoms with Gasteiger partial charge in [0, 0.05) is 12.3 Å². The third-order valence-corrected chi connectivity index (χ3v) is 5.03. The van der Waals surface area contributed by atoms with Gasteiger partial charge in [0.2, 0.25) is 5.91 Å². The molecule has 0 saturated heterocycles. The fourth-order valence-electron chi connectivity index (χ4n) is 2.89. The van der Waals surface area contributed by atoms with Gasteiger partial charge in [-0.2, -0.15) is 5.26 Å². The van der Waals surface area contributed by atoms with Crippen LogP contribution in [0.5, 0.6) is 5.75 Å². The number of hydrogen-bond acceptors (Lipinski definition) is 5. The van der Waals surface area contributed by atoms with Gasteiger partial charge in [-0.3, -0.25) is 4.79 Å². The predicted molar refractivity (Wildman–Crippen MR) is 85.4 cm³/mol. The van der Waals surface area contributed by atoms with E-state index in [0.29, 0.717) is 24.5 Å². The Balaban J connectivity index is 1.53. The molecule has 1 unspecified atom stereocenters. The molecule has 0 fully saturated rings. The number of carbonyl (C=O) groups is 1. The van der Waals surface area contributed by atoms with Crippen molar-refractivity contribution in [2.45, 2.75) is 18.1 Å². The summed E-state index contributed by atoms with van der Waals surface area (Å²) in [4.78, 5) is 16.9. The number of amides is 1. The highest BCUT2D eigenvalue weighted by Gasteiger charge is 2.28. The lowest BCUT2D eigenvalue weighted by molar-refractivity contribution is -0.121. The molecule has 1 aromatic heterocycles. The lowest BCUT2D eigenvalue weighted by Crippen LogP contribution is -2.32. The van der Waals surface area contributed by atoms with Crippen LogP contribution in [0.4, 0.5) is 5.82 Å². The number of carbonyl (C=O) groups excluding carboxylic acids is 1. The summed E-state index contributed by atoms with van der Waals surface area (Å²) in [7, 11) is 0. The van der Waals surface area contributed by atoms with Crippen LogP contribution in [0.1, 0.15) is 11.3 Å². The molecule has 1 aromatic carbocycles. The second-order valence-corrected chi connectivity index (χ2v) is 6.57. The van der Waals surface area contributed by atoms with Crippen LogP contribution >= 0.6 is 11.8 Å². The molecule has 0 saturated carbocycles. The second-order valence-electron chi connectivity index (χ2n) is 5.51. The van der Waals surface area contributed by atoms with E-state index in [9.17, 15) is 10.1 Å². The molecule has 2 aromatic rings. The van der Waals surface area contributed by atoms with Crippen LogP contribution in [0.25, 0.3) is 0 Å². The van der Waals surface area contributed by atoms with Crippen molar-refractivity contribution in [3.8, 4) is 11.8 Å². The van der Waals surface area contributed by atoms with E-state index >= 15 is 0 Å². The van der Waals surface area contributed by atoms with E-state index in [1.807, 2.05) is 28.8 Å². The van der Waals surface area contributed by atoms with Crippen molar-refractivity contribution >= 4 is 23.5 Å². The van der Waals surface area contributed by atoms with E-state index in [2.05, 4.69) is 16.4 Å². The minimum Gasteiger partial charge on any atom is -0.492 e. The van der Waals surface area contributed by atoms with Crippen molar-refractivity contribution in [2.24, 2.45) is 5.92 Å². The number of nitrogens with zero attached hydrogens (tertiary/aromatic N) is 3. The molecule has 1 amide bonds. The Morgan fingerprint density at radius 2 is 2.35 bits per heavy atom. The molecule has 0 bridgehead atoms. The van der Waals surface area contributed by atoms with E-state index in [0.717, 1.165) is 28.8 Å². The Morgan fingerprint density at radius 3 is 3.22 bits per heavy atom. The Kier molecular flexibility index (Phi) is 3.46. The molecule has 116 valence electrons. The van der Waals surface area contributed by atoms with E-state index in [4.69, 9.17) is 4.74 Å². The first-order chi connectivity index (χ1) is 11.3. The SMILES string of the molecule is N#Cc1c(NC(=O)C2COc3ccccc3C2)nc2n1CCS2. The van der Waals surface area contributed by atoms with Gasteiger partial charge in [-0.1, -0.05) is 30.0 Å². The van der Waals surface area contributed by atoms with Crippen LogP contribution in [0.2, 0.25) is 0 Å².